The SMILES string of the molecule is CCCN1CCC(N(CCO)Cc2ccccc2)CC1. The Bertz CT molecular complexity index is 361. The first-order valence-electron chi connectivity index (χ1n) is 7.94. The maximum atomic E-state index is 9.33. The van der Waals surface area contributed by atoms with E-state index in [1.807, 2.05) is 0 Å². The molecule has 1 aromatic rings. The first-order valence-corrected chi connectivity index (χ1v) is 7.94. The molecule has 0 spiro atoms. The molecule has 1 N–H and O–H groups in total. The Balaban J connectivity index is 1.89. The topological polar surface area (TPSA) is 26.7 Å². The van der Waals surface area contributed by atoms with Crippen molar-refractivity contribution in [1.29, 1.82) is 0 Å². The van der Waals surface area contributed by atoms with E-state index in [4.69, 9.17) is 0 Å². The van der Waals surface area contributed by atoms with E-state index in [2.05, 4.69) is 47.1 Å². The van der Waals surface area contributed by atoms with Gasteiger partial charge in [-0.3, -0.25) is 4.90 Å². The predicted molar refractivity (Wildman–Crippen MR) is 83.7 cm³/mol. The van der Waals surface area contributed by atoms with Crippen molar-refractivity contribution in [1.82, 2.24) is 9.80 Å². The van der Waals surface area contributed by atoms with Gasteiger partial charge in [0.2, 0.25) is 0 Å². The van der Waals surface area contributed by atoms with Crippen molar-refractivity contribution in [2.75, 3.05) is 32.8 Å². The van der Waals surface area contributed by atoms with Gasteiger partial charge in [0.05, 0.1) is 6.61 Å². The summed E-state index contributed by atoms with van der Waals surface area (Å²) in [5, 5.41) is 9.33. The van der Waals surface area contributed by atoms with Gasteiger partial charge in [0.25, 0.3) is 0 Å². The molecule has 0 aliphatic carbocycles. The van der Waals surface area contributed by atoms with Gasteiger partial charge in [-0.05, 0) is 44.5 Å². The van der Waals surface area contributed by atoms with E-state index in [0.717, 1.165) is 13.1 Å². The van der Waals surface area contributed by atoms with Crippen LogP contribution in [0.5, 0.6) is 0 Å². The minimum atomic E-state index is 0.252. The smallest absolute Gasteiger partial charge is 0.0558 e. The number of likely N-dealkylation sites (tertiary alicyclic amines) is 1. The molecule has 1 heterocycles. The van der Waals surface area contributed by atoms with Gasteiger partial charge in [0.15, 0.2) is 0 Å². The lowest BCUT2D eigenvalue weighted by Gasteiger charge is -2.38. The van der Waals surface area contributed by atoms with E-state index < -0.39 is 0 Å². The molecule has 0 saturated carbocycles. The van der Waals surface area contributed by atoms with Crippen LogP contribution in [0.25, 0.3) is 0 Å². The zero-order valence-electron chi connectivity index (χ0n) is 12.7. The molecule has 0 bridgehead atoms. The van der Waals surface area contributed by atoms with Crippen molar-refractivity contribution in [3.8, 4) is 0 Å². The number of aliphatic hydroxyl groups excluding tert-OH is 1. The van der Waals surface area contributed by atoms with Crippen LogP contribution in [0.4, 0.5) is 0 Å². The molecule has 3 heteroatoms. The molecule has 3 nitrogen and oxygen atoms in total. The van der Waals surface area contributed by atoms with Crippen molar-refractivity contribution >= 4 is 0 Å². The quantitative estimate of drug-likeness (QED) is 0.828. The molecule has 0 aromatic heterocycles. The highest BCUT2D eigenvalue weighted by Crippen LogP contribution is 2.19. The fraction of sp³-hybridized carbons (Fsp3) is 0.647. The number of nitrogens with zero attached hydrogens (tertiary/aromatic N) is 2. The Labute approximate surface area is 123 Å². The number of rotatable bonds is 7. The Kier molecular flexibility index (Phi) is 6.51. The number of piperidine rings is 1. The highest BCUT2D eigenvalue weighted by atomic mass is 16.3. The van der Waals surface area contributed by atoms with E-state index in [-0.39, 0.29) is 6.61 Å². The van der Waals surface area contributed by atoms with Gasteiger partial charge < -0.3 is 10.0 Å². The van der Waals surface area contributed by atoms with Crippen LogP contribution in [0, 0.1) is 0 Å². The van der Waals surface area contributed by atoms with E-state index >= 15 is 0 Å². The predicted octanol–water partition coefficient (Wildman–Crippen LogP) is 2.36. The molecule has 1 saturated heterocycles. The molecule has 1 aromatic carbocycles. The van der Waals surface area contributed by atoms with Crippen LogP contribution in [-0.4, -0.2) is 53.7 Å². The Morgan fingerprint density at radius 2 is 1.90 bits per heavy atom. The van der Waals surface area contributed by atoms with Gasteiger partial charge in [0, 0.05) is 19.1 Å². The lowest BCUT2D eigenvalue weighted by atomic mass is 10.0. The van der Waals surface area contributed by atoms with Gasteiger partial charge in [-0.1, -0.05) is 37.3 Å². The fourth-order valence-corrected chi connectivity index (χ4v) is 3.16. The fourth-order valence-electron chi connectivity index (χ4n) is 3.16. The van der Waals surface area contributed by atoms with Crippen LogP contribution in [0.2, 0.25) is 0 Å². The van der Waals surface area contributed by atoms with Crippen molar-refractivity contribution in [3.63, 3.8) is 0 Å². The van der Waals surface area contributed by atoms with E-state index in [1.54, 1.807) is 0 Å². The summed E-state index contributed by atoms with van der Waals surface area (Å²) >= 11 is 0. The van der Waals surface area contributed by atoms with Crippen molar-refractivity contribution < 1.29 is 5.11 Å². The second kappa shape index (κ2) is 8.40. The number of hydrogen-bond donors (Lipinski definition) is 1. The molecule has 0 atom stereocenters. The first kappa shape index (κ1) is 15.5. The summed E-state index contributed by atoms with van der Waals surface area (Å²) in [6, 6.07) is 11.2. The summed E-state index contributed by atoms with van der Waals surface area (Å²) < 4.78 is 0. The van der Waals surface area contributed by atoms with Gasteiger partial charge in [0.1, 0.15) is 0 Å². The molecule has 1 aliphatic heterocycles. The second-order valence-electron chi connectivity index (χ2n) is 5.75. The van der Waals surface area contributed by atoms with Gasteiger partial charge >= 0.3 is 0 Å². The van der Waals surface area contributed by atoms with Crippen molar-refractivity contribution in [2.24, 2.45) is 0 Å². The molecular formula is C17H28N2O. The van der Waals surface area contributed by atoms with Gasteiger partial charge in [-0.15, -0.1) is 0 Å². The van der Waals surface area contributed by atoms with Gasteiger partial charge in [-0.25, -0.2) is 0 Å². The molecule has 2 rings (SSSR count). The normalized spacial score (nSPS) is 17.8. The maximum absolute atomic E-state index is 9.33. The summed E-state index contributed by atoms with van der Waals surface area (Å²) in [4.78, 5) is 5.02. The summed E-state index contributed by atoms with van der Waals surface area (Å²) in [6.07, 6.45) is 3.70. The number of benzene rings is 1. The van der Waals surface area contributed by atoms with Crippen LogP contribution >= 0.6 is 0 Å². The molecule has 20 heavy (non-hydrogen) atoms. The molecule has 1 aliphatic rings. The highest BCUT2D eigenvalue weighted by molar-refractivity contribution is 5.14. The molecule has 0 unspecified atom stereocenters. The Morgan fingerprint density at radius 1 is 1.20 bits per heavy atom. The van der Waals surface area contributed by atoms with E-state index in [0.29, 0.717) is 6.04 Å². The zero-order valence-corrected chi connectivity index (χ0v) is 12.7. The van der Waals surface area contributed by atoms with E-state index in [9.17, 15) is 5.11 Å². The number of aliphatic hydroxyl groups is 1. The minimum absolute atomic E-state index is 0.252. The van der Waals surface area contributed by atoms with Crippen LogP contribution in [-0.2, 0) is 6.54 Å². The third kappa shape index (κ3) is 4.58. The summed E-state index contributed by atoms with van der Waals surface area (Å²) in [5.41, 5.74) is 1.34. The standard InChI is InChI=1S/C17H28N2O/c1-2-10-18-11-8-17(9-12-18)19(13-14-20)15-16-6-4-3-5-7-16/h3-7,17,20H,2,8-15H2,1H3. The summed E-state index contributed by atoms with van der Waals surface area (Å²) in [5.74, 6) is 0. The maximum Gasteiger partial charge on any atom is 0.0558 e. The largest absolute Gasteiger partial charge is 0.395 e. The highest BCUT2D eigenvalue weighted by Gasteiger charge is 2.23. The monoisotopic (exact) mass is 276 g/mol. The van der Waals surface area contributed by atoms with Gasteiger partial charge in [-0.2, -0.15) is 0 Å². The van der Waals surface area contributed by atoms with Crippen LogP contribution in [0.3, 0.4) is 0 Å². The summed E-state index contributed by atoms with van der Waals surface area (Å²) in [7, 11) is 0. The average molecular weight is 276 g/mol. The summed E-state index contributed by atoms with van der Waals surface area (Å²) in [6.45, 7) is 7.88. The van der Waals surface area contributed by atoms with Crippen molar-refractivity contribution in [3.05, 3.63) is 35.9 Å². The van der Waals surface area contributed by atoms with Crippen LogP contribution < -0.4 is 0 Å². The lowest BCUT2D eigenvalue weighted by Crippen LogP contribution is -2.45. The number of hydrogen-bond acceptors (Lipinski definition) is 3. The first-order chi connectivity index (χ1) is 9.83. The van der Waals surface area contributed by atoms with Crippen LogP contribution in [0.1, 0.15) is 31.7 Å². The molecule has 112 valence electrons. The zero-order chi connectivity index (χ0) is 14.2. The lowest BCUT2D eigenvalue weighted by molar-refractivity contribution is 0.0855. The third-order valence-electron chi connectivity index (χ3n) is 4.23. The van der Waals surface area contributed by atoms with Crippen LogP contribution in [0.15, 0.2) is 30.3 Å². The average Bonchev–Trinajstić information content (AvgIpc) is 2.49. The molecule has 0 radical (unpaired) electrons. The third-order valence-corrected chi connectivity index (χ3v) is 4.23. The van der Waals surface area contributed by atoms with E-state index in [1.165, 1.54) is 44.5 Å². The molecular weight excluding hydrogens is 248 g/mol. The second-order valence-corrected chi connectivity index (χ2v) is 5.75. The molecule has 1 fully saturated rings. The minimum Gasteiger partial charge on any atom is -0.395 e. The Hall–Kier alpha value is -0.900. The molecule has 0 amide bonds. The van der Waals surface area contributed by atoms with Crippen molar-refractivity contribution in [2.45, 2.75) is 38.8 Å². The Morgan fingerprint density at radius 3 is 2.50 bits per heavy atom.